The Morgan fingerprint density at radius 1 is 0.677 bits per heavy atom. The average Bonchev–Trinajstić information content (AvgIpc) is 2.71. The van der Waals surface area contributed by atoms with Crippen LogP contribution in [0, 0.1) is 0 Å². The van der Waals surface area contributed by atoms with Gasteiger partial charge < -0.3 is 9.47 Å². The summed E-state index contributed by atoms with van der Waals surface area (Å²) < 4.78 is 39.3. The molecule has 0 aromatic heterocycles. The third-order valence-electron chi connectivity index (χ3n) is 5.58. The minimum Gasteiger partial charge on any atom is -0.375 e. The van der Waals surface area contributed by atoms with Crippen molar-refractivity contribution in [3.63, 3.8) is 0 Å². The largest absolute Gasteiger partial charge is 0.375 e. The molecule has 0 radical (unpaired) electrons. The van der Waals surface area contributed by atoms with E-state index in [2.05, 4.69) is 127 Å². The van der Waals surface area contributed by atoms with E-state index in [0.29, 0.717) is 38.9 Å². The Bertz CT molecular complexity index is 584. The summed E-state index contributed by atoms with van der Waals surface area (Å²) in [6.07, 6.45) is 2.11. The molecule has 6 atom stereocenters. The van der Waals surface area contributed by atoms with E-state index in [0.717, 1.165) is 10.7 Å². The Labute approximate surface area is 253 Å². The molecule has 2 aliphatic rings. The average molecular weight is 978 g/mol. The van der Waals surface area contributed by atoms with Crippen LogP contribution in [0.3, 0.4) is 0 Å². The molecule has 4 nitrogen and oxygen atoms in total. The first-order valence-corrected chi connectivity index (χ1v) is 19.3. The van der Waals surface area contributed by atoms with Gasteiger partial charge in [-0.05, 0) is 25.7 Å². The quantitative estimate of drug-likeness (QED) is 0.225. The van der Waals surface area contributed by atoms with Gasteiger partial charge >= 0.3 is 0 Å². The zero-order valence-electron chi connectivity index (χ0n) is 16.5. The van der Waals surface area contributed by atoms with E-state index in [4.69, 9.17) is 9.47 Å². The Hall–Kier alpha value is 3.71. The summed E-state index contributed by atoms with van der Waals surface area (Å²) in [4.78, 5) is 0.401. The van der Waals surface area contributed by atoms with E-state index >= 15 is 0 Å². The van der Waals surface area contributed by atoms with Gasteiger partial charge in [0.05, 0.1) is 35.9 Å². The van der Waals surface area contributed by atoms with E-state index in [1.807, 2.05) is 0 Å². The normalized spacial score (nSPS) is 39.2. The number of sulfone groups is 1. The molecule has 0 bridgehead atoms. The molecule has 31 heavy (non-hydrogen) atoms. The number of ether oxygens (including phenoxy) is 2. The Morgan fingerprint density at radius 2 is 0.968 bits per heavy atom. The second-order valence-corrected chi connectivity index (χ2v) is 19.0. The lowest BCUT2D eigenvalue weighted by Crippen LogP contribution is -2.51. The van der Waals surface area contributed by atoms with E-state index < -0.39 is 9.84 Å². The molecule has 184 valence electrons. The van der Waals surface area contributed by atoms with Gasteiger partial charge in [0, 0.05) is 39.6 Å². The molecule has 0 heterocycles. The molecule has 2 saturated carbocycles. The molecule has 2 fully saturated rings. The topological polar surface area (TPSA) is 52.6 Å². The van der Waals surface area contributed by atoms with Crippen molar-refractivity contribution in [3.05, 3.63) is 0 Å². The van der Waals surface area contributed by atoms with Crippen LogP contribution in [0.25, 0.3) is 0 Å². The highest BCUT2D eigenvalue weighted by Crippen LogP contribution is 2.41. The molecule has 0 aromatic rings. The van der Waals surface area contributed by atoms with Crippen molar-refractivity contribution in [2.45, 2.75) is 77.4 Å². The van der Waals surface area contributed by atoms with Crippen LogP contribution in [0.5, 0.6) is 0 Å². The molecule has 0 aliphatic heterocycles. The first-order chi connectivity index (χ1) is 14.5. The molecular weight excluding hydrogens is 951 g/mol. The first kappa shape index (κ1) is 30.9. The van der Waals surface area contributed by atoms with Gasteiger partial charge in [0.25, 0.3) is 0 Å². The SMILES string of the molecule is O=S(=O)(C1CC(Br)C(OCC(Br)CBr)C(Br)C1)C1CC(Br)C(OCC(Br)CBr)C(Br)C1. The molecule has 0 aromatic carbocycles. The molecule has 2 rings (SSSR count). The van der Waals surface area contributed by atoms with Gasteiger partial charge in [-0.25, -0.2) is 8.42 Å². The van der Waals surface area contributed by atoms with Crippen LogP contribution in [0.4, 0.5) is 0 Å². The van der Waals surface area contributed by atoms with Crippen LogP contribution in [-0.4, -0.2) is 84.0 Å². The van der Waals surface area contributed by atoms with Crippen molar-refractivity contribution in [2.24, 2.45) is 0 Å². The van der Waals surface area contributed by atoms with E-state index in [-0.39, 0.29) is 51.7 Å². The molecule has 2 aliphatic carbocycles. The van der Waals surface area contributed by atoms with Crippen LogP contribution in [0.2, 0.25) is 0 Å². The van der Waals surface area contributed by atoms with Crippen LogP contribution >= 0.6 is 127 Å². The van der Waals surface area contributed by atoms with Crippen LogP contribution in [0.1, 0.15) is 25.7 Å². The second kappa shape index (κ2) is 14.6. The predicted molar refractivity (Wildman–Crippen MR) is 158 cm³/mol. The summed E-state index contributed by atoms with van der Waals surface area (Å²) in [7, 11) is -3.30. The molecule has 0 spiro atoms. The van der Waals surface area contributed by atoms with Crippen molar-refractivity contribution in [2.75, 3.05) is 23.9 Å². The molecule has 0 amide bonds. The standard InChI is InChI=1S/C18H26Br8O4S/c19-5-9(21)7-29-17-13(23)1-11(2-14(17)24)31(27,28)12-3-15(25)18(16(26)4-12)30-8-10(22)6-20/h9-18H,1-8H2. The number of rotatable bonds is 10. The predicted octanol–water partition coefficient (Wildman–Crippen LogP) is 6.87. The monoisotopic (exact) mass is 970 g/mol. The van der Waals surface area contributed by atoms with Gasteiger partial charge in [0.1, 0.15) is 0 Å². The van der Waals surface area contributed by atoms with Crippen molar-refractivity contribution >= 4 is 137 Å². The summed E-state index contributed by atoms with van der Waals surface area (Å²) in [5.74, 6) is 0. The third-order valence-corrected chi connectivity index (χ3v) is 16.3. The molecule has 0 N–H and O–H groups in total. The van der Waals surface area contributed by atoms with E-state index in [1.54, 1.807) is 0 Å². The summed E-state index contributed by atoms with van der Waals surface area (Å²) >= 11 is 28.8. The lowest BCUT2D eigenvalue weighted by molar-refractivity contribution is 0.0427. The third kappa shape index (κ3) is 8.90. The maximum Gasteiger partial charge on any atom is 0.156 e. The van der Waals surface area contributed by atoms with Crippen LogP contribution in [0.15, 0.2) is 0 Å². The Balaban J connectivity index is 1.99. The highest BCUT2D eigenvalue weighted by atomic mass is 79.9. The summed E-state index contributed by atoms with van der Waals surface area (Å²) in [6, 6.07) is 0. The number of hydrogen-bond donors (Lipinski definition) is 0. The zero-order chi connectivity index (χ0) is 23.3. The van der Waals surface area contributed by atoms with Crippen molar-refractivity contribution < 1.29 is 17.9 Å². The van der Waals surface area contributed by atoms with Crippen molar-refractivity contribution in [3.8, 4) is 0 Å². The highest BCUT2D eigenvalue weighted by molar-refractivity contribution is 9.12. The molecular formula is C18H26Br8O4S. The fraction of sp³-hybridized carbons (Fsp3) is 1.00. The second-order valence-electron chi connectivity index (χ2n) is 7.94. The van der Waals surface area contributed by atoms with E-state index in [1.165, 1.54) is 0 Å². The first-order valence-electron chi connectivity index (χ1n) is 9.93. The van der Waals surface area contributed by atoms with Gasteiger partial charge in [-0.1, -0.05) is 127 Å². The summed E-state index contributed by atoms with van der Waals surface area (Å²) in [5, 5.41) is 0.826. The fourth-order valence-electron chi connectivity index (χ4n) is 3.93. The summed E-state index contributed by atoms with van der Waals surface area (Å²) in [5.41, 5.74) is 0. The van der Waals surface area contributed by atoms with Crippen LogP contribution in [-0.2, 0) is 19.3 Å². The van der Waals surface area contributed by atoms with Gasteiger partial charge in [-0.3, -0.25) is 0 Å². The van der Waals surface area contributed by atoms with Gasteiger partial charge in [0.2, 0.25) is 0 Å². The van der Waals surface area contributed by atoms with Gasteiger partial charge in [-0.15, -0.1) is 0 Å². The van der Waals surface area contributed by atoms with Crippen molar-refractivity contribution in [1.29, 1.82) is 0 Å². The Kier molecular flexibility index (Phi) is 14.6. The number of alkyl halides is 8. The van der Waals surface area contributed by atoms with Gasteiger partial charge in [0.15, 0.2) is 9.84 Å². The number of hydrogen-bond acceptors (Lipinski definition) is 4. The molecule has 0 saturated heterocycles. The smallest absolute Gasteiger partial charge is 0.156 e. The lowest BCUT2D eigenvalue weighted by atomic mass is 9.96. The number of halogens is 8. The van der Waals surface area contributed by atoms with Gasteiger partial charge in [-0.2, -0.15) is 0 Å². The van der Waals surface area contributed by atoms with Crippen molar-refractivity contribution in [1.82, 2.24) is 0 Å². The lowest BCUT2D eigenvalue weighted by Gasteiger charge is -2.41. The van der Waals surface area contributed by atoms with E-state index in [9.17, 15) is 8.42 Å². The molecule has 13 heteroatoms. The highest BCUT2D eigenvalue weighted by Gasteiger charge is 2.48. The Morgan fingerprint density at radius 3 is 1.23 bits per heavy atom. The maximum absolute atomic E-state index is 13.6. The minimum absolute atomic E-state index is 0.0141. The fourth-order valence-corrected chi connectivity index (χ4v) is 12.8. The maximum atomic E-state index is 13.6. The zero-order valence-corrected chi connectivity index (χ0v) is 30.0. The minimum atomic E-state index is -3.30. The summed E-state index contributed by atoms with van der Waals surface area (Å²) in [6.45, 7) is 1.14. The molecule has 6 unspecified atom stereocenters. The van der Waals surface area contributed by atoms with Crippen LogP contribution < -0.4 is 0 Å².